The van der Waals surface area contributed by atoms with Crippen LogP contribution in [-0.4, -0.2) is 31.1 Å². The number of hydrogen-bond acceptors (Lipinski definition) is 7. The number of oxime groups is 1. The number of nitrogens with zero attached hydrogens (tertiary/aromatic N) is 2. The number of carbonyl (C=O) groups is 2. The van der Waals surface area contributed by atoms with Gasteiger partial charge in [0.25, 0.3) is 5.71 Å². The van der Waals surface area contributed by atoms with Crippen molar-refractivity contribution in [3.63, 3.8) is 0 Å². The molecule has 0 N–H and O–H groups in total. The predicted octanol–water partition coefficient (Wildman–Crippen LogP) is 1.24. The van der Waals surface area contributed by atoms with Gasteiger partial charge in [0.2, 0.25) is 0 Å². The van der Waals surface area contributed by atoms with Gasteiger partial charge in [-0.05, 0) is 12.8 Å². The van der Waals surface area contributed by atoms with Crippen molar-refractivity contribution in [2.24, 2.45) is 11.1 Å². The van der Waals surface area contributed by atoms with E-state index in [2.05, 4.69) is 19.5 Å². The molecule has 0 atom stereocenters. The molecule has 0 aliphatic heterocycles. The third-order valence-electron chi connectivity index (χ3n) is 1.32. The van der Waals surface area contributed by atoms with Gasteiger partial charge in [-0.2, -0.15) is 5.26 Å². The van der Waals surface area contributed by atoms with Gasteiger partial charge >= 0.3 is 12.1 Å². The van der Waals surface area contributed by atoms with E-state index in [1.807, 2.05) is 13.8 Å². The third-order valence-corrected chi connectivity index (χ3v) is 1.32. The first-order chi connectivity index (χ1) is 8.01. The predicted molar refractivity (Wildman–Crippen MR) is 57.0 cm³/mol. The third kappa shape index (κ3) is 6.89. The molecule has 0 aromatic carbocycles. The summed E-state index contributed by atoms with van der Waals surface area (Å²) in [7, 11) is 0. The van der Waals surface area contributed by atoms with Gasteiger partial charge in [0, 0.05) is 0 Å². The Kier molecular flexibility index (Phi) is 7.10. The zero-order valence-corrected chi connectivity index (χ0v) is 9.93. The van der Waals surface area contributed by atoms with Crippen molar-refractivity contribution >= 4 is 17.8 Å². The minimum Gasteiger partial charge on any atom is -0.461 e. The summed E-state index contributed by atoms with van der Waals surface area (Å²) in [6.45, 7) is 5.52. The lowest BCUT2D eigenvalue weighted by atomic mass is 10.2. The van der Waals surface area contributed by atoms with E-state index in [9.17, 15) is 9.59 Å². The summed E-state index contributed by atoms with van der Waals surface area (Å²) < 4.78 is 9.11. The van der Waals surface area contributed by atoms with Gasteiger partial charge in [0.1, 0.15) is 6.07 Å². The van der Waals surface area contributed by atoms with Gasteiger partial charge in [-0.25, -0.2) is 9.59 Å². The van der Waals surface area contributed by atoms with Crippen LogP contribution in [0.4, 0.5) is 4.79 Å². The number of esters is 1. The van der Waals surface area contributed by atoms with Gasteiger partial charge in [0.15, 0.2) is 0 Å². The molecule has 0 bridgehead atoms. The quantitative estimate of drug-likeness (QED) is 0.311. The maximum atomic E-state index is 11.0. The molecule has 7 nitrogen and oxygen atoms in total. The first-order valence-corrected chi connectivity index (χ1v) is 5.00. The van der Waals surface area contributed by atoms with Crippen LogP contribution in [0.1, 0.15) is 20.8 Å². The Morgan fingerprint density at radius 2 is 2.00 bits per heavy atom. The molecule has 0 aliphatic carbocycles. The van der Waals surface area contributed by atoms with Crippen molar-refractivity contribution in [3.8, 4) is 6.07 Å². The van der Waals surface area contributed by atoms with Crippen molar-refractivity contribution in [1.82, 2.24) is 0 Å². The summed E-state index contributed by atoms with van der Waals surface area (Å²) in [4.78, 5) is 26.2. The number of rotatable bonds is 5. The maximum Gasteiger partial charge on any atom is 0.535 e. The molecule has 7 heteroatoms. The molecular weight excluding hydrogens is 228 g/mol. The normalized spacial score (nSPS) is 10.6. The van der Waals surface area contributed by atoms with E-state index in [4.69, 9.17) is 5.26 Å². The van der Waals surface area contributed by atoms with Crippen LogP contribution in [0.15, 0.2) is 5.16 Å². The summed E-state index contributed by atoms with van der Waals surface area (Å²) in [5.41, 5.74) is -0.645. The largest absolute Gasteiger partial charge is 0.535 e. The zero-order valence-electron chi connectivity index (χ0n) is 9.93. The van der Waals surface area contributed by atoms with E-state index < -0.39 is 17.8 Å². The van der Waals surface area contributed by atoms with Gasteiger partial charge < -0.3 is 9.47 Å². The van der Waals surface area contributed by atoms with Crippen LogP contribution in [0.2, 0.25) is 0 Å². The SMILES string of the molecule is CCOC(=O)C(C#N)=NOC(=O)OCC(C)C. The van der Waals surface area contributed by atoms with Crippen LogP contribution in [0.5, 0.6) is 0 Å². The van der Waals surface area contributed by atoms with E-state index in [0.717, 1.165) is 0 Å². The van der Waals surface area contributed by atoms with Crippen LogP contribution in [-0.2, 0) is 19.1 Å². The molecule has 0 saturated heterocycles. The Balaban J connectivity index is 4.24. The summed E-state index contributed by atoms with van der Waals surface area (Å²) in [5.74, 6) is -0.807. The second-order valence-electron chi connectivity index (χ2n) is 3.32. The fourth-order valence-corrected chi connectivity index (χ4v) is 0.647. The topological polar surface area (TPSA) is 98.0 Å². The van der Waals surface area contributed by atoms with E-state index in [1.165, 1.54) is 6.07 Å². The van der Waals surface area contributed by atoms with Gasteiger partial charge in [-0.1, -0.05) is 19.0 Å². The fraction of sp³-hybridized carbons (Fsp3) is 0.600. The Bertz CT molecular complexity index is 343. The van der Waals surface area contributed by atoms with E-state index in [-0.39, 0.29) is 19.1 Å². The Morgan fingerprint density at radius 1 is 1.35 bits per heavy atom. The molecule has 0 amide bonds. The molecule has 0 radical (unpaired) electrons. The zero-order chi connectivity index (χ0) is 13.3. The van der Waals surface area contributed by atoms with Crippen LogP contribution in [0.25, 0.3) is 0 Å². The van der Waals surface area contributed by atoms with Crippen LogP contribution in [0.3, 0.4) is 0 Å². The van der Waals surface area contributed by atoms with Gasteiger partial charge in [0.05, 0.1) is 13.2 Å². The van der Waals surface area contributed by atoms with Crippen molar-refractivity contribution in [3.05, 3.63) is 0 Å². The number of carbonyl (C=O) groups excluding carboxylic acids is 2. The lowest BCUT2D eigenvalue weighted by Crippen LogP contribution is -2.17. The smallest absolute Gasteiger partial charge is 0.461 e. The lowest BCUT2D eigenvalue weighted by Gasteiger charge is -2.04. The maximum absolute atomic E-state index is 11.0. The first-order valence-electron chi connectivity index (χ1n) is 5.00. The highest BCUT2D eigenvalue weighted by Gasteiger charge is 2.14. The number of ether oxygens (including phenoxy) is 2. The molecule has 0 aromatic heterocycles. The number of nitriles is 1. The molecule has 0 aliphatic rings. The monoisotopic (exact) mass is 242 g/mol. The molecule has 94 valence electrons. The fourth-order valence-electron chi connectivity index (χ4n) is 0.647. The summed E-state index contributed by atoms with van der Waals surface area (Å²) in [6, 6.07) is 1.45. The van der Waals surface area contributed by atoms with Crippen molar-refractivity contribution in [2.75, 3.05) is 13.2 Å². The highest BCUT2D eigenvalue weighted by Crippen LogP contribution is 1.96. The van der Waals surface area contributed by atoms with Crippen LogP contribution in [0, 0.1) is 17.2 Å². The first kappa shape index (κ1) is 14.9. The molecule has 0 unspecified atom stereocenters. The highest BCUT2D eigenvalue weighted by atomic mass is 16.8. The number of hydrogen-bond donors (Lipinski definition) is 0. The highest BCUT2D eigenvalue weighted by molar-refractivity contribution is 6.42. The van der Waals surface area contributed by atoms with Gasteiger partial charge in [-0.3, -0.25) is 4.84 Å². The van der Waals surface area contributed by atoms with E-state index in [0.29, 0.717) is 0 Å². The molecule has 0 aromatic rings. The standard InChI is InChI=1S/C10H14N2O5/c1-4-15-9(13)8(5-11)12-17-10(14)16-6-7(2)3/h7H,4,6H2,1-3H3. The van der Waals surface area contributed by atoms with Gasteiger partial charge in [-0.15, -0.1) is 0 Å². The molecule has 0 fully saturated rings. The molecule has 0 saturated carbocycles. The van der Waals surface area contributed by atoms with Crippen LogP contribution >= 0.6 is 0 Å². The molecule has 17 heavy (non-hydrogen) atoms. The molecule has 0 heterocycles. The molecule has 0 rings (SSSR count). The average Bonchev–Trinajstić information content (AvgIpc) is 2.27. The Labute approximate surface area is 98.9 Å². The average molecular weight is 242 g/mol. The van der Waals surface area contributed by atoms with Crippen molar-refractivity contribution < 1.29 is 23.9 Å². The van der Waals surface area contributed by atoms with Crippen molar-refractivity contribution in [2.45, 2.75) is 20.8 Å². The second-order valence-corrected chi connectivity index (χ2v) is 3.32. The summed E-state index contributed by atoms with van der Waals surface area (Å²) >= 11 is 0. The summed E-state index contributed by atoms with van der Waals surface area (Å²) in [6.07, 6.45) is -1.07. The minimum absolute atomic E-state index is 0.0946. The molecular formula is C10H14N2O5. The second kappa shape index (κ2) is 8.10. The minimum atomic E-state index is -1.07. The molecule has 0 spiro atoms. The van der Waals surface area contributed by atoms with Crippen LogP contribution < -0.4 is 0 Å². The van der Waals surface area contributed by atoms with E-state index >= 15 is 0 Å². The van der Waals surface area contributed by atoms with E-state index in [1.54, 1.807) is 6.92 Å². The lowest BCUT2D eigenvalue weighted by molar-refractivity contribution is -0.135. The Hall–Kier alpha value is -2.10. The van der Waals surface area contributed by atoms with Crippen molar-refractivity contribution in [1.29, 1.82) is 5.26 Å². The Morgan fingerprint density at radius 3 is 2.47 bits per heavy atom. The summed E-state index contributed by atoms with van der Waals surface area (Å²) in [5, 5.41) is 11.6.